The maximum absolute atomic E-state index is 13.6. The van der Waals surface area contributed by atoms with Crippen molar-refractivity contribution in [3.05, 3.63) is 71.8 Å². The molecule has 2 aromatic carbocycles. The third-order valence-electron chi connectivity index (χ3n) is 6.72. The highest BCUT2D eigenvalue weighted by Crippen LogP contribution is 2.29. The summed E-state index contributed by atoms with van der Waals surface area (Å²) in [6, 6.07) is 19.8. The van der Waals surface area contributed by atoms with Crippen LogP contribution in [0.3, 0.4) is 0 Å². The van der Waals surface area contributed by atoms with E-state index in [9.17, 15) is 9.59 Å². The zero-order chi connectivity index (χ0) is 24.6. The Morgan fingerprint density at radius 1 is 1.03 bits per heavy atom. The Balaban J connectivity index is 1.59. The summed E-state index contributed by atoms with van der Waals surface area (Å²) in [6.45, 7) is 4.83. The van der Waals surface area contributed by atoms with Gasteiger partial charge in [-0.2, -0.15) is 0 Å². The van der Waals surface area contributed by atoms with Crippen molar-refractivity contribution < 1.29 is 9.59 Å². The predicted molar refractivity (Wildman–Crippen MR) is 136 cm³/mol. The van der Waals surface area contributed by atoms with Crippen molar-refractivity contribution in [1.29, 1.82) is 0 Å². The normalized spacial score (nSPS) is 21.1. The predicted octanol–water partition coefficient (Wildman–Crippen LogP) is 2.66. The van der Waals surface area contributed by atoms with Crippen LogP contribution in [0, 0.1) is 12.3 Å². The third-order valence-corrected chi connectivity index (χ3v) is 6.72. The molecular weight excluding hydrogens is 438 g/mol. The number of hydrogen-bond acceptors (Lipinski definition) is 5. The van der Waals surface area contributed by atoms with Crippen molar-refractivity contribution in [1.82, 2.24) is 25.1 Å². The second kappa shape index (κ2) is 12.0. The number of fused-ring (bicyclic) bond motifs is 1. The number of carbonyl (C=O) groups excluding carboxylic acids is 2. The van der Waals surface area contributed by atoms with E-state index in [0.29, 0.717) is 39.3 Å². The Morgan fingerprint density at radius 2 is 1.71 bits per heavy atom. The molecule has 0 saturated carbocycles. The largest absolute Gasteiger partial charge is 0.333 e. The molecule has 184 valence electrons. The molecule has 2 saturated heterocycles. The Hall–Kier alpha value is -3.18. The molecule has 2 aliphatic rings. The van der Waals surface area contributed by atoms with Gasteiger partial charge in [0.25, 0.3) is 0 Å². The van der Waals surface area contributed by atoms with Crippen molar-refractivity contribution in [2.24, 2.45) is 0 Å². The zero-order valence-electron chi connectivity index (χ0n) is 20.5. The van der Waals surface area contributed by atoms with Crippen LogP contribution in [0.15, 0.2) is 60.7 Å². The van der Waals surface area contributed by atoms with Gasteiger partial charge in [0, 0.05) is 13.1 Å². The number of hydrogen-bond donors (Lipinski definition) is 1. The highest BCUT2D eigenvalue weighted by molar-refractivity contribution is 5.90. The average Bonchev–Trinajstić information content (AvgIpc) is 2.87. The van der Waals surface area contributed by atoms with Gasteiger partial charge in [0.05, 0.1) is 26.3 Å². The number of unbranched alkanes of at least 4 members (excludes halogenated alkanes) is 1. The second-order valence-corrected chi connectivity index (χ2v) is 9.18. The van der Waals surface area contributed by atoms with Crippen LogP contribution in [0.4, 0.5) is 0 Å². The number of rotatable bonds is 10. The zero-order valence-corrected chi connectivity index (χ0v) is 20.5. The van der Waals surface area contributed by atoms with Crippen LogP contribution >= 0.6 is 0 Å². The van der Waals surface area contributed by atoms with Crippen LogP contribution in [0.5, 0.6) is 0 Å². The Morgan fingerprint density at radius 3 is 2.37 bits per heavy atom. The molecule has 1 N–H and O–H groups in total. The lowest BCUT2D eigenvalue weighted by Gasteiger charge is -2.55. The van der Waals surface area contributed by atoms with E-state index in [-0.39, 0.29) is 24.5 Å². The molecule has 2 heterocycles. The Bertz CT molecular complexity index is 1020. The lowest BCUT2D eigenvalue weighted by atomic mass is 10.0. The van der Waals surface area contributed by atoms with Gasteiger partial charge in [-0.3, -0.25) is 14.9 Å². The van der Waals surface area contributed by atoms with Crippen LogP contribution in [0.2, 0.25) is 0 Å². The minimum Gasteiger partial charge on any atom is -0.333 e. The maximum Gasteiger partial charge on any atom is 0.245 e. The monoisotopic (exact) mass is 473 g/mol. The summed E-state index contributed by atoms with van der Waals surface area (Å²) in [5.41, 5.74) is 2.27. The number of benzene rings is 2. The van der Waals surface area contributed by atoms with Crippen molar-refractivity contribution in [3.63, 3.8) is 0 Å². The van der Waals surface area contributed by atoms with Crippen LogP contribution in [0.25, 0.3) is 0 Å². The summed E-state index contributed by atoms with van der Waals surface area (Å²) >= 11 is 0. The number of nitrogens with one attached hydrogen (secondary N) is 1. The van der Waals surface area contributed by atoms with Crippen molar-refractivity contribution >= 4 is 11.8 Å². The standard InChI is InChI=1S/C28H35N5O2/c1-3-5-16-25-28(35)30(19-24-14-10-7-11-15-24)20-26-32(22-29-18-23-12-8-6-9-13-23)31(17-4-2)21-27(34)33(25)26/h2,6-15,25-26,29H,3,5,16-22H2,1H3/t25-,26+/m0/s1. The first-order valence-corrected chi connectivity index (χ1v) is 12.5. The first-order chi connectivity index (χ1) is 17.1. The van der Waals surface area contributed by atoms with Crippen molar-refractivity contribution in [3.8, 4) is 12.3 Å². The van der Waals surface area contributed by atoms with Gasteiger partial charge in [0.15, 0.2) is 0 Å². The summed E-state index contributed by atoms with van der Waals surface area (Å²) in [4.78, 5) is 30.7. The van der Waals surface area contributed by atoms with Gasteiger partial charge in [-0.15, -0.1) is 6.42 Å². The molecular formula is C28H35N5O2. The number of nitrogens with zero attached hydrogens (tertiary/aromatic N) is 4. The Labute approximate surface area is 208 Å². The van der Waals surface area contributed by atoms with E-state index in [2.05, 4.69) is 35.3 Å². The maximum atomic E-state index is 13.6. The van der Waals surface area contributed by atoms with Crippen molar-refractivity contribution in [2.45, 2.75) is 51.5 Å². The molecule has 35 heavy (non-hydrogen) atoms. The number of terminal acetylenes is 1. The number of carbonyl (C=O) groups is 2. The molecule has 2 atom stereocenters. The van der Waals surface area contributed by atoms with Crippen LogP contribution in [-0.4, -0.2) is 70.1 Å². The Kier molecular flexibility index (Phi) is 8.54. The van der Waals surface area contributed by atoms with E-state index >= 15 is 0 Å². The minimum absolute atomic E-state index is 0.0293. The van der Waals surface area contributed by atoms with Crippen LogP contribution in [0.1, 0.15) is 37.3 Å². The number of amides is 2. The lowest BCUT2D eigenvalue weighted by Crippen LogP contribution is -2.75. The molecule has 2 amide bonds. The molecule has 7 heteroatoms. The molecule has 0 radical (unpaired) electrons. The highest BCUT2D eigenvalue weighted by atomic mass is 16.2. The minimum atomic E-state index is -0.450. The average molecular weight is 474 g/mol. The van der Waals surface area contributed by atoms with E-state index in [4.69, 9.17) is 6.42 Å². The van der Waals surface area contributed by atoms with Gasteiger partial charge < -0.3 is 9.80 Å². The molecule has 0 aliphatic carbocycles. The summed E-state index contributed by atoms with van der Waals surface area (Å²) in [5.74, 6) is 2.71. The first-order valence-electron chi connectivity index (χ1n) is 12.5. The van der Waals surface area contributed by atoms with E-state index in [1.54, 1.807) is 0 Å². The number of hydrazine groups is 1. The highest BCUT2D eigenvalue weighted by Gasteiger charge is 2.49. The van der Waals surface area contributed by atoms with Crippen molar-refractivity contribution in [2.75, 3.05) is 26.3 Å². The molecule has 0 unspecified atom stereocenters. The molecule has 0 spiro atoms. The molecule has 2 aliphatic heterocycles. The molecule has 0 aromatic heterocycles. The van der Waals surface area contributed by atoms with E-state index in [0.717, 1.165) is 18.4 Å². The van der Waals surface area contributed by atoms with Gasteiger partial charge in [-0.25, -0.2) is 10.0 Å². The SMILES string of the molecule is C#CCN1CC(=O)N2[C@@H](CCCC)C(=O)N(Cc3ccccc3)C[C@@H]2N1CNCc1ccccc1. The summed E-state index contributed by atoms with van der Waals surface area (Å²) < 4.78 is 0. The van der Waals surface area contributed by atoms with Gasteiger partial charge in [0.2, 0.25) is 11.8 Å². The molecule has 2 fully saturated rings. The number of piperazine rings is 1. The fourth-order valence-electron chi connectivity index (χ4n) is 4.98. The first kappa shape index (κ1) is 24.9. The third kappa shape index (κ3) is 5.91. The van der Waals surface area contributed by atoms with Crippen LogP contribution in [-0.2, 0) is 22.7 Å². The fraction of sp³-hybridized carbons (Fsp3) is 0.429. The topological polar surface area (TPSA) is 59.1 Å². The van der Waals surface area contributed by atoms with E-state index in [1.807, 2.05) is 63.3 Å². The van der Waals surface area contributed by atoms with E-state index in [1.165, 1.54) is 5.56 Å². The smallest absolute Gasteiger partial charge is 0.245 e. The fourth-order valence-corrected chi connectivity index (χ4v) is 4.98. The molecule has 7 nitrogen and oxygen atoms in total. The van der Waals surface area contributed by atoms with Gasteiger partial charge in [-0.1, -0.05) is 86.3 Å². The van der Waals surface area contributed by atoms with Gasteiger partial charge in [-0.05, 0) is 17.5 Å². The molecule has 0 bridgehead atoms. The summed E-state index contributed by atoms with van der Waals surface area (Å²) in [7, 11) is 0. The molecule has 4 rings (SSSR count). The van der Waals surface area contributed by atoms with Gasteiger partial charge in [0.1, 0.15) is 12.2 Å². The van der Waals surface area contributed by atoms with E-state index < -0.39 is 6.04 Å². The second-order valence-electron chi connectivity index (χ2n) is 9.18. The quantitative estimate of drug-likeness (QED) is 0.538. The lowest BCUT2D eigenvalue weighted by molar-refractivity contribution is -0.203. The molecule has 2 aromatic rings. The summed E-state index contributed by atoms with van der Waals surface area (Å²) in [6.07, 6.45) is 7.94. The van der Waals surface area contributed by atoms with Gasteiger partial charge >= 0.3 is 0 Å². The van der Waals surface area contributed by atoms with Crippen LogP contribution < -0.4 is 5.32 Å². The summed E-state index contributed by atoms with van der Waals surface area (Å²) in [5, 5.41) is 7.60.